The lowest BCUT2D eigenvalue weighted by Crippen LogP contribution is -3.13. The number of hydrazine groups is 1. The SMILES string of the molecule is CC(=O)NNC(=O)C[NH+]1CC=C(c2ccccc2)CC1. The van der Waals surface area contributed by atoms with Gasteiger partial charge in [-0.15, -0.1) is 0 Å². The van der Waals surface area contributed by atoms with Crippen LogP contribution in [0, 0.1) is 0 Å². The highest BCUT2D eigenvalue weighted by Crippen LogP contribution is 2.17. The molecule has 1 unspecified atom stereocenters. The minimum Gasteiger partial charge on any atom is -0.324 e. The van der Waals surface area contributed by atoms with Gasteiger partial charge in [0.1, 0.15) is 0 Å². The molecule has 3 N–H and O–H groups in total. The van der Waals surface area contributed by atoms with E-state index in [0.717, 1.165) is 19.5 Å². The van der Waals surface area contributed by atoms with Crippen molar-refractivity contribution in [1.82, 2.24) is 10.9 Å². The largest absolute Gasteiger partial charge is 0.324 e. The van der Waals surface area contributed by atoms with Gasteiger partial charge in [0.2, 0.25) is 5.91 Å². The molecular formula is C15H20N3O2+. The van der Waals surface area contributed by atoms with Gasteiger partial charge in [0, 0.05) is 13.3 Å². The van der Waals surface area contributed by atoms with Gasteiger partial charge in [-0.2, -0.15) is 0 Å². The summed E-state index contributed by atoms with van der Waals surface area (Å²) in [6.45, 7) is 3.49. The molecule has 0 aliphatic carbocycles. The maximum atomic E-state index is 11.6. The Hall–Kier alpha value is -2.14. The Morgan fingerprint density at radius 3 is 2.55 bits per heavy atom. The number of carbonyl (C=O) groups is 2. The average Bonchev–Trinajstić information content (AvgIpc) is 2.47. The molecule has 5 nitrogen and oxygen atoms in total. The number of rotatable bonds is 3. The highest BCUT2D eigenvalue weighted by Gasteiger charge is 2.18. The highest BCUT2D eigenvalue weighted by atomic mass is 16.2. The lowest BCUT2D eigenvalue weighted by Gasteiger charge is -2.23. The summed E-state index contributed by atoms with van der Waals surface area (Å²) >= 11 is 0. The van der Waals surface area contributed by atoms with E-state index in [9.17, 15) is 9.59 Å². The van der Waals surface area contributed by atoms with Crippen LogP contribution in [0.2, 0.25) is 0 Å². The Morgan fingerprint density at radius 2 is 1.95 bits per heavy atom. The Labute approximate surface area is 118 Å². The Bertz CT molecular complexity index is 511. The molecule has 0 aromatic heterocycles. The van der Waals surface area contributed by atoms with Crippen molar-refractivity contribution in [2.24, 2.45) is 0 Å². The highest BCUT2D eigenvalue weighted by molar-refractivity contribution is 5.81. The van der Waals surface area contributed by atoms with Crippen LogP contribution in [0.5, 0.6) is 0 Å². The van der Waals surface area contributed by atoms with Crippen LogP contribution in [0.4, 0.5) is 0 Å². The van der Waals surface area contributed by atoms with E-state index in [1.165, 1.54) is 23.0 Å². The maximum absolute atomic E-state index is 11.6. The fraction of sp³-hybridized carbons (Fsp3) is 0.333. The predicted molar refractivity (Wildman–Crippen MR) is 76.6 cm³/mol. The molecule has 1 atom stereocenters. The Balaban J connectivity index is 1.83. The molecule has 1 aliphatic rings. The number of amides is 2. The van der Waals surface area contributed by atoms with Crippen LogP contribution in [0.1, 0.15) is 18.9 Å². The van der Waals surface area contributed by atoms with Gasteiger partial charge < -0.3 is 4.90 Å². The summed E-state index contributed by atoms with van der Waals surface area (Å²) < 4.78 is 0. The lowest BCUT2D eigenvalue weighted by molar-refractivity contribution is -0.886. The van der Waals surface area contributed by atoms with Crippen LogP contribution < -0.4 is 15.8 Å². The van der Waals surface area contributed by atoms with Crippen LogP contribution in [-0.2, 0) is 9.59 Å². The molecule has 1 aromatic rings. The van der Waals surface area contributed by atoms with Gasteiger partial charge in [-0.05, 0) is 17.2 Å². The van der Waals surface area contributed by atoms with Crippen molar-refractivity contribution in [3.8, 4) is 0 Å². The zero-order valence-corrected chi connectivity index (χ0v) is 11.6. The molecule has 0 radical (unpaired) electrons. The smallest absolute Gasteiger partial charge is 0.293 e. The molecule has 0 bridgehead atoms. The summed E-state index contributed by atoms with van der Waals surface area (Å²) in [7, 11) is 0. The molecule has 0 saturated heterocycles. The number of benzene rings is 1. The van der Waals surface area contributed by atoms with Gasteiger partial charge in [0.25, 0.3) is 5.91 Å². The average molecular weight is 274 g/mol. The fourth-order valence-corrected chi connectivity index (χ4v) is 2.29. The molecular weight excluding hydrogens is 254 g/mol. The van der Waals surface area contributed by atoms with Crippen LogP contribution in [-0.4, -0.2) is 31.4 Å². The van der Waals surface area contributed by atoms with Crippen LogP contribution in [0.25, 0.3) is 5.57 Å². The first kappa shape index (κ1) is 14.3. The molecule has 1 aromatic carbocycles. The van der Waals surface area contributed by atoms with Crippen LogP contribution in [0.3, 0.4) is 0 Å². The molecule has 106 valence electrons. The summed E-state index contributed by atoms with van der Waals surface area (Å²) in [5.74, 6) is -0.426. The van der Waals surface area contributed by atoms with Crippen molar-refractivity contribution in [3.63, 3.8) is 0 Å². The fourth-order valence-electron chi connectivity index (χ4n) is 2.29. The van der Waals surface area contributed by atoms with E-state index in [1.54, 1.807) is 0 Å². The molecule has 1 aliphatic heterocycles. The summed E-state index contributed by atoms with van der Waals surface area (Å²) in [6.07, 6.45) is 3.16. The van der Waals surface area contributed by atoms with Crippen molar-refractivity contribution in [2.75, 3.05) is 19.6 Å². The second-order valence-corrected chi connectivity index (χ2v) is 4.96. The second-order valence-electron chi connectivity index (χ2n) is 4.96. The molecule has 2 amide bonds. The molecule has 20 heavy (non-hydrogen) atoms. The summed E-state index contributed by atoms with van der Waals surface area (Å²) in [6, 6.07) is 10.3. The first-order chi connectivity index (χ1) is 9.65. The number of hydrogen-bond donors (Lipinski definition) is 3. The van der Waals surface area contributed by atoms with Gasteiger partial charge in [-0.25, -0.2) is 0 Å². The van der Waals surface area contributed by atoms with Crippen LogP contribution in [0.15, 0.2) is 36.4 Å². The van der Waals surface area contributed by atoms with E-state index >= 15 is 0 Å². The lowest BCUT2D eigenvalue weighted by atomic mass is 10.00. The van der Waals surface area contributed by atoms with Crippen molar-refractivity contribution in [3.05, 3.63) is 42.0 Å². The quantitative estimate of drug-likeness (QED) is 0.652. The topological polar surface area (TPSA) is 62.6 Å². The predicted octanol–water partition coefficient (Wildman–Crippen LogP) is -0.474. The third kappa shape index (κ3) is 4.20. The van der Waals surface area contributed by atoms with Gasteiger partial charge in [-0.1, -0.05) is 30.3 Å². The first-order valence-electron chi connectivity index (χ1n) is 6.78. The molecule has 1 heterocycles. The summed E-state index contributed by atoms with van der Waals surface area (Å²) in [5, 5.41) is 0. The minimum atomic E-state index is -0.266. The Morgan fingerprint density at radius 1 is 1.20 bits per heavy atom. The van der Waals surface area contributed by atoms with E-state index < -0.39 is 0 Å². The first-order valence-corrected chi connectivity index (χ1v) is 6.78. The van der Waals surface area contributed by atoms with Gasteiger partial charge >= 0.3 is 0 Å². The maximum Gasteiger partial charge on any atom is 0.293 e. The zero-order valence-electron chi connectivity index (χ0n) is 11.6. The van der Waals surface area contributed by atoms with E-state index in [2.05, 4.69) is 29.1 Å². The van der Waals surface area contributed by atoms with E-state index in [4.69, 9.17) is 0 Å². The van der Waals surface area contributed by atoms with Crippen LogP contribution >= 0.6 is 0 Å². The number of hydrogen-bond acceptors (Lipinski definition) is 2. The number of carbonyl (C=O) groups excluding carboxylic acids is 2. The standard InChI is InChI=1S/C15H19N3O2/c1-12(19)16-17-15(20)11-18-9-7-14(8-10-18)13-5-3-2-4-6-13/h2-7H,8-11H2,1H3,(H,16,19)(H,17,20)/p+1. The number of nitrogens with one attached hydrogen (secondary N) is 3. The van der Waals surface area contributed by atoms with Crippen molar-refractivity contribution in [1.29, 1.82) is 0 Å². The summed E-state index contributed by atoms with van der Waals surface area (Å²) in [4.78, 5) is 23.5. The van der Waals surface area contributed by atoms with Crippen molar-refractivity contribution < 1.29 is 14.5 Å². The normalized spacial score (nSPS) is 18.1. The minimum absolute atomic E-state index is 0.160. The number of quaternary nitrogens is 1. The van der Waals surface area contributed by atoms with Gasteiger partial charge in [-0.3, -0.25) is 20.4 Å². The second kappa shape index (κ2) is 6.86. The molecule has 5 heteroatoms. The monoisotopic (exact) mass is 274 g/mol. The van der Waals surface area contributed by atoms with Gasteiger partial charge in [0.15, 0.2) is 6.54 Å². The molecule has 2 rings (SSSR count). The third-order valence-corrected chi connectivity index (χ3v) is 3.32. The van der Waals surface area contributed by atoms with Gasteiger partial charge in [0.05, 0.1) is 13.1 Å². The van der Waals surface area contributed by atoms with E-state index in [-0.39, 0.29) is 11.8 Å². The van der Waals surface area contributed by atoms with Crippen molar-refractivity contribution >= 4 is 17.4 Å². The van der Waals surface area contributed by atoms with E-state index in [1.807, 2.05) is 18.2 Å². The molecule has 0 saturated carbocycles. The molecule has 0 spiro atoms. The molecule has 0 fully saturated rings. The third-order valence-electron chi connectivity index (χ3n) is 3.32. The van der Waals surface area contributed by atoms with Crippen molar-refractivity contribution in [2.45, 2.75) is 13.3 Å². The Kier molecular flexibility index (Phi) is 4.90. The summed E-state index contributed by atoms with van der Waals surface area (Å²) in [5.41, 5.74) is 7.30. The zero-order chi connectivity index (χ0) is 14.4. The van der Waals surface area contributed by atoms with E-state index in [0.29, 0.717) is 6.54 Å².